The minimum atomic E-state index is -0.0775. The molecule has 1 fully saturated rings. The SMILES string of the molecule is CCc1noc(CN2CCOC(C)(C)C2)n1. The van der Waals surface area contributed by atoms with Gasteiger partial charge in [0.15, 0.2) is 5.82 Å². The molecule has 0 saturated carbocycles. The Morgan fingerprint density at radius 2 is 2.25 bits per heavy atom. The van der Waals surface area contributed by atoms with E-state index in [0.717, 1.165) is 38.5 Å². The van der Waals surface area contributed by atoms with Crippen LogP contribution in [0.3, 0.4) is 0 Å². The van der Waals surface area contributed by atoms with Crippen molar-refractivity contribution >= 4 is 0 Å². The molecular formula is C11H19N3O2. The van der Waals surface area contributed by atoms with Crippen LogP contribution in [-0.2, 0) is 17.7 Å². The number of aromatic nitrogens is 2. The quantitative estimate of drug-likeness (QED) is 0.774. The van der Waals surface area contributed by atoms with Gasteiger partial charge in [0, 0.05) is 19.5 Å². The van der Waals surface area contributed by atoms with Gasteiger partial charge >= 0.3 is 0 Å². The normalized spacial score (nSPS) is 21.2. The van der Waals surface area contributed by atoms with Gasteiger partial charge in [-0.3, -0.25) is 4.90 Å². The van der Waals surface area contributed by atoms with Crippen molar-refractivity contribution in [2.75, 3.05) is 19.7 Å². The van der Waals surface area contributed by atoms with E-state index in [-0.39, 0.29) is 5.60 Å². The van der Waals surface area contributed by atoms with E-state index in [9.17, 15) is 0 Å². The molecule has 90 valence electrons. The summed E-state index contributed by atoms with van der Waals surface area (Å²) in [4.78, 5) is 6.60. The average Bonchev–Trinajstić information content (AvgIpc) is 2.64. The lowest BCUT2D eigenvalue weighted by Gasteiger charge is -2.37. The van der Waals surface area contributed by atoms with Gasteiger partial charge in [0.25, 0.3) is 0 Å². The Balaban J connectivity index is 1.94. The largest absolute Gasteiger partial charge is 0.373 e. The molecule has 0 bridgehead atoms. The van der Waals surface area contributed by atoms with E-state index >= 15 is 0 Å². The third-order valence-corrected chi connectivity index (χ3v) is 2.69. The third-order valence-electron chi connectivity index (χ3n) is 2.69. The van der Waals surface area contributed by atoms with Crippen LogP contribution in [0, 0.1) is 0 Å². The van der Waals surface area contributed by atoms with Crippen LogP contribution in [0.5, 0.6) is 0 Å². The second-order valence-corrected chi connectivity index (χ2v) is 4.78. The molecule has 5 nitrogen and oxygen atoms in total. The van der Waals surface area contributed by atoms with Crippen molar-refractivity contribution in [1.82, 2.24) is 15.0 Å². The van der Waals surface area contributed by atoms with Crippen molar-refractivity contribution in [3.63, 3.8) is 0 Å². The fourth-order valence-electron chi connectivity index (χ4n) is 1.94. The number of rotatable bonds is 3. The van der Waals surface area contributed by atoms with E-state index in [0.29, 0.717) is 5.89 Å². The second kappa shape index (κ2) is 4.51. The van der Waals surface area contributed by atoms with Gasteiger partial charge in [-0.25, -0.2) is 0 Å². The van der Waals surface area contributed by atoms with E-state index < -0.39 is 0 Å². The Hall–Kier alpha value is -0.940. The highest BCUT2D eigenvalue weighted by Crippen LogP contribution is 2.17. The van der Waals surface area contributed by atoms with Crippen molar-refractivity contribution in [3.05, 3.63) is 11.7 Å². The van der Waals surface area contributed by atoms with E-state index in [1.165, 1.54) is 0 Å². The molecule has 1 aliphatic rings. The van der Waals surface area contributed by atoms with Gasteiger partial charge in [-0.1, -0.05) is 12.1 Å². The Bertz CT molecular complexity index is 349. The van der Waals surface area contributed by atoms with Crippen molar-refractivity contribution in [2.45, 2.75) is 39.3 Å². The standard InChI is InChI=1S/C11H19N3O2/c1-4-9-12-10(16-13-9)7-14-5-6-15-11(2,3)8-14/h4-8H2,1-3H3. The van der Waals surface area contributed by atoms with Gasteiger partial charge < -0.3 is 9.26 Å². The zero-order valence-electron chi connectivity index (χ0n) is 10.2. The lowest BCUT2D eigenvalue weighted by Crippen LogP contribution is -2.47. The highest BCUT2D eigenvalue weighted by Gasteiger charge is 2.27. The molecule has 0 atom stereocenters. The zero-order valence-corrected chi connectivity index (χ0v) is 10.2. The van der Waals surface area contributed by atoms with Crippen LogP contribution >= 0.6 is 0 Å². The minimum Gasteiger partial charge on any atom is -0.373 e. The van der Waals surface area contributed by atoms with Crippen LogP contribution in [0.25, 0.3) is 0 Å². The number of aryl methyl sites for hydroxylation is 1. The van der Waals surface area contributed by atoms with E-state index in [4.69, 9.17) is 9.26 Å². The highest BCUT2D eigenvalue weighted by molar-refractivity contribution is 4.88. The molecule has 0 radical (unpaired) electrons. The highest BCUT2D eigenvalue weighted by atomic mass is 16.5. The summed E-state index contributed by atoms with van der Waals surface area (Å²) in [6, 6.07) is 0. The third kappa shape index (κ3) is 2.80. The van der Waals surface area contributed by atoms with Crippen LogP contribution in [0.15, 0.2) is 4.52 Å². The van der Waals surface area contributed by atoms with Crippen LogP contribution in [0.1, 0.15) is 32.5 Å². The summed E-state index contributed by atoms with van der Waals surface area (Å²) >= 11 is 0. The fourth-order valence-corrected chi connectivity index (χ4v) is 1.94. The molecule has 2 rings (SSSR count). The summed E-state index contributed by atoms with van der Waals surface area (Å²) in [5.41, 5.74) is -0.0775. The molecule has 1 aromatic rings. The van der Waals surface area contributed by atoms with E-state index in [1.54, 1.807) is 0 Å². The maximum Gasteiger partial charge on any atom is 0.240 e. The van der Waals surface area contributed by atoms with Crippen LogP contribution in [0.4, 0.5) is 0 Å². The van der Waals surface area contributed by atoms with Crippen LogP contribution < -0.4 is 0 Å². The summed E-state index contributed by atoms with van der Waals surface area (Å²) in [5.74, 6) is 1.48. The number of hydrogen-bond acceptors (Lipinski definition) is 5. The molecule has 2 heterocycles. The Kier molecular flexibility index (Phi) is 3.25. The van der Waals surface area contributed by atoms with Crippen LogP contribution in [0.2, 0.25) is 0 Å². The molecule has 16 heavy (non-hydrogen) atoms. The Morgan fingerprint density at radius 3 is 2.88 bits per heavy atom. The van der Waals surface area contributed by atoms with E-state index in [1.807, 2.05) is 6.92 Å². The number of hydrogen-bond donors (Lipinski definition) is 0. The molecule has 0 spiro atoms. The number of nitrogens with zero attached hydrogens (tertiary/aromatic N) is 3. The molecule has 0 unspecified atom stereocenters. The van der Waals surface area contributed by atoms with Gasteiger partial charge in [-0.05, 0) is 13.8 Å². The minimum absolute atomic E-state index is 0.0775. The maximum absolute atomic E-state index is 5.65. The van der Waals surface area contributed by atoms with Gasteiger partial charge in [-0.2, -0.15) is 4.98 Å². The number of morpholine rings is 1. The smallest absolute Gasteiger partial charge is 0.240 e. The molecule has 1 aliphatic heterocycles. The lowest BCUT2D eigenvalue weighted by atomic mass is 10.1. The average molecular weight is 225 g/mol. The van der Waals surface area contributed by atoms with E-state index in [2.05, 4.69) is 28.9 Å². The van der Waals surface area contributed by atoms with Crippen molar-refractivity contribution in [3.8, 4) is 0 Å². The molecule has 0 aromatic carbocycles. The first kappa shape index (κ1) is 11.5. The monoisotopic (exact) mass is 225 g/mol. The number of ether oxygens (including phenoxy) is 1. The summed E-state index contributed by atoms with van der Waals surface area (Å²) in [6.45, 7) is 9.53. The van der Waals surface area contributed by atoms with Crippen LogP contribution in [-0.4, -0.2) is 40.3 Å². The molecule has 1 aromatic heterocycles. The van der Waals surface area contributed by atoms with Gasteiger partial charge in [0.05, 0.1) is 18.8 Å². The molecule has 0 aliphatic carbocycles. The summed E-state index contributed by atoms with van der Waals surface area (Å²) in [5, 5.41) is 3.89. The first-order chi connectivity index (χ1) is 7.59. The molecule has 0 amide bonds. The summed E-state index contributed by atoms with van der Waals surface area (Å²) in [6.07, 6.45) is 0.818. The van der Waals surface area contributed by atoms with Gasteiger partial charge in [0.2, 0.25) is 5.89 Å². The Labute approximate surface area is 95.8 Å². The second-order valence-electron chi connectivity index (χ2n) is 4.78. The zero-order chi connectivity index (χ0) is 11.6. The van der Waals surface area contributed by atoms with Crippen molar-refractivity contribution in [1.29, 1.82) is 0 Å². The maximum atomic E-state index is 5.65. The Morgan fingerprint density at radius 1 is 1.44 bits per heavy atom. The molecule has 0 N–H and O–H groups in total. The molecule has 1 saturated heterocycles. The van der Waals surface area contributed by atoms with Crippen molar-refractivity contribution in [2.24, 2.45) is 0 Å². The lowest BCUT2D eigenvalue weighted by molar-refractivity contribution is -0.0900. The molecular weight excluding hydrogens is 206 g/mol. The molecule has 5 heteroatoms. The van der Waals surface area contributed by atoms with Gasteiger partial charge in [0.1, 0.15) is 0 Å². The van der Waals surface area contributed by atoms with Crippen molar-refractivity contribution < 1.29 is 9.26 Å². The predicted octanol–water partition coefficient (Wildman–Crippen LogP) is 1.24. The summed E-state index contributed by atoms with van der Waals surface area (Å²) in [7, 11) is 0. The van der Waals surface area contributed by atoms with Gasteiger partial charge in [-0.15, -0.1) is 0 Å². The predicted molar refractivity (Wildman–Crippen MR) is 59.0 cm³/mol. The first-order valence-corrected chi connectivity index (χ1v) is 5.77. The topological polar surface area (TPSA) is 51.4 Å². The first-order valence-electron chi connectivity index (χ1n) is 5.77. The fraction of sp³-hybridized carbons (Fsp3) is 0.818. The summed E-state index contributed by atoms with van der Waals surface area (Å²) < 4.78 is 10.8.